The first-order valence-electron chi connectivity index (χ1n) is 13.5. The molecule has 0 unspecified atom stereocenters. The van der Waals surface area contributed by atoms with Crippen LogP contribution >= 0.6 is 11.6 Å². The molecule has 228 valence electrons. The van der Waals surface area contributed by atoms with Crippen LogP contribution < -0.4 is 20.2 Å². The second kappa shape index (κ2) is 15.7. The van der Waals surface area contributed by atoms with Crippen LogP contribution in [0.4, 0.5) is 5.69 Å². The lowest BCUT2D eigenvalue weighted by Gasteiger charge is -2.21. The molecule has 44 heavy (non-hydrogen) atoms. The summed E-state index contributed by atoms with van der Waals surface area (Å²) in [5, 5.41) is 7.10. The number of hydrogen-bond donors (Lipinski definition) is 2. The topological polar surface area (TPSA) is 126 Å². The van der Waals surface area contributed by atoms with Gasteiger partial charge in [-0.2, -0.15) is 9.41 Å². The molecule has 0 radical (unpaired) electrons. The maximum absolute atomic E-state index is 13.4. The van der Waals surface area contributed by atoms with Crippen molar-refractivity contribution in [2.45, 2.75) is 11.3 Å². The van der Waals surface area contributed by atoms with Crippen LogP contribution in [0.2, 0.25) is 5.02 Å². The first-order chi connectivity index (χ1) is 21.2. The average molecular weight is 635 g/mol. The molecule has 4 aromatic carbocycles. The van der Waals surface area contributed by atoms with E-state index < -0.39 is 22.5 Å². The number of benzene rings is 4. The number of rotatable bonds is 14. The SMILES string of the molecule is COc1ccccc1NC(=O)COc1ccc(/C=N/NC(=O)CN(CCc2ccccc2)S(=O)(=O)c2ccc(Cl)cc2)cc1. The molecule has 0 saturated heterocycles. The van der Waals surface area contributed by atoms with Crippen LogP contribution in [0.3, 0.4) is 0 Å². The smallest absolute Gasteiger partial charge is 0.262 e. The van der Waals surface area contributed by atoms with Crippen LogP contribution in [0.1, 0.15) is 11.1 Å². The third-order valence-corrected chi connectivity index (χ3v) is 8.41. The van der Waals surface area contributed by atoms with E-state index in [-0.39, 0.29) is 24.0 Å². The second-order valence-corrected chi connectivity index (χ2v) is 11.8. The number of ether oxygens (including phenoxy) is 2. The van der Waals surface area contributed by atoms with Gasteiger partial charge in [0.15, 0.2) is 6.61 Å². The van der Waals surface area contributed by atoms with Gasteiger partial charge in [0, 0.05) is 11.6 Å². The van der Waals surface area contributed by atoms with Gasteiger partial charge in [-0.15, -0.1) is 0 Å². The summed E-state index contributed by atoms with van der Waals surface area (Å²) in [6.45, 7) is -0.551. The van der Waals surface area contributed by atoms with Crippen LogP contribution in [0.25, 0.3) is 0 Å². The fourth-order valence-electron chi connectivity index (χ4n) is 4.05. The minimum Gasteiger partial charge on any atom is -0.495 e. The Morgan fingerprint density at radius 1 is 0.886 bits per heavy atom. The molecule has 4 rings (SSSR count). The molecule has 0 aliphatic carbocycles. The largest absolute Gasteiger partial charge is 0.495 e. The first kappa shape index (κ1) is 32.2. The first-order valence-corrected chi connectivity index (χ1v) is 15.3. The molecule has 2 N–H and O–H groups in total. The number of nitrogens with one attached hydrogen (secondary N) is 2. The molecule has 0 saturated carbocycles. The van der Waals surface area contributed by atoms with Crippen LogP contribution in [0.15, 0.2) is 113 Å². The normalized spacial score (nSPS) is 11.3. The number of para-hydroxylation sites is 2. The van der Waals surface area contributed by atoms with Crippen LogP contribution in [-0.2, 0) is 26.0 Å². The Bertz CT molecular complexity index is 1680. The maximum atomic E-state index is 13.4. The van der Waals surface area contributed by atoms with Gasteiger partial charge in [0.05, 0.1) is 30.5 Å². The molecular formula is C32H31ClN4O6S. The minimum atomic E-state index is -3.98. The molecular weight excluding hydrogens is 604 g/mol. The van der Waals surface area contributed by atoms with E-state index in [9.17, 15) is 18.0 Å². The van der Waals surface area contributed by atoms with Crippen molar-refractivity contribution in [3.05, 3.63) is 119 Å². The van der Waals surface area contributed by atoms with Crippen LogP contribution in [0.5, 0.6) is 11.5 Å². The third-order valence-electron chi connectivity index (χ3n) is 6.30. The Hall–Kier alpha value is -4.71. The van der Waals surface area contributed by atoms with Gasteiger partial charge in [0.25, 0.3) is 11.8 Å². The molecule has 2 amide bonds. The standard InChI is InChI=1S/C32H31ClN4O6S/c1-42-30-10-6-5-9-29(30)35-32(39)23-43-27-15-11-25(12-16-27)21-34-36-31(38)22-37(20-19-24-7-3-2-4-8-24)44(40,41)28-17-13-26(33)14-18-28/h2-18,21H,19-20,22-23H2,1H3,(H,35,39)(H,36,38)/b34-21+. The summed E-state index contributed by atoms with van der Waals surface area (Å²) >= 11 is 5.93. The number of halogens is 1. The zero-order valence-corrected chi connectivity index (χ0v) is 25.4. The van der Waals surface area contributed by atoms with E-state index in [1.54, 1.807) is 48.5 Å². The molecule has 4 aromatic rings. The lowest BCUT2D eigenvalue weighted by molar-refractivity contribution is -0.121. The number of methoxy groups -OCH3 is 1. The molecule has 12 heteroatoms. The maximum Gasteiger partial charge on any atom is 0.262 e. The lowest BCUT2D eigenvalue weighted by Crippen LogP contribution is -2.40. The molecule has 0 heterocycles. The van der Waals surface area contributed by atoms with E-state index in [0.717, 1.165) is 9.87 Å². The Kier molecular flexibility index (Phi) is 11.5. The number of carbonyl (C=O) groups excluding carboxylic acids is 2. The Balaban J connectivity index is 1.31. The Morgan fingerprint density at radius 3 is 2.27 bits per heavy atom. The Morgan fingerprint density at radius 2 is 1.57 bits per heavy atom. The number of sulfonamides is 1. The summed E-state index contributed by atoms with van der Waals surface area (Å²) in [6, 6.07) is 28.9. The molecule has 0 aromatic heterocycles. The second-order valence-electron chi connectivity index (χ2n) is 9.43. The van der Waals surface area contributed by atoms with Crippen molar-refractivity contribution < 1.29 is 27.5 Å². The monoisotopic (exact) mass is 634 g/mol. The van der Waals surface area contributed by atoms with Crippen molar-refractivity contribution in [3.8, 4) is 11.5 Å². The number of nitrogens with zero attached hydrogens (tertiary/aromatic N) is 2. The molecule has 0 aliphatic rings. The fraction of sp³-hybridized carbons (Fsp3) is 0.156. The van der Waals surface area contributed by atoms with Gasteiger partial charge in [-0.05, 0) is 78.2 Å². The molecule has 10 nitrogen and oxygen atoms in total. The number of hydrogen-bond acceptors (Lipinski definition) is 7. The molecule has 0 bridgehead atoms. The summed E-state index contributed by atoms with van der Waals surface area (Å²) in [7, 11) is -2.46. The summed E-state index contributed by atoms with van der Waals surface area (Å²) in [6.07, 6.45) is 1.83. The fourth-order valence-corrected chi connectivity index (χ4v) is 5.57. The van der Waals surface area contributed by atoms with Crippen molar-refractivity contribution >= 4 is 45.3 Å². The minimum absolute atomic E-state index is 0.0332. The molecule has 0 aliphatic heterocycles. The van der Waals surface area contributed by atoms with E-state index in [1.165, 1.54) is 37.6 Å². The van der Waals surface area contributed by atoms with Gasteiger partial charge in [-0.1, -0.05) is 54.1 Å². The van der Waals surface area contributed by atoms with Crippen molar-refractivity contribution in [1.82, 2.24) is 9.73 Å². The lowest BCUT2D eigenvalue weighted by atomic mass is 10.1. The van der Waals surface area contributed by atoms with Crippen molar-refractivity contribution in [1.29, 1.82) is 0 Å². The van der Waals surface area contributed by atoms with E-state index in [4.69, 9.17) is 21.1 Å². The zero-order chi connectivity index (χ0) is 31.4. The number of carbonyl (C=O) groups is 2. The highest BCUT2D eigenvalue weighted by molar-refractivity contribution is 7.89. The van der Waals surface area contributed by atoms with Gasteiger partial charge < -0.3 is 14.8 Å². The zero-order valence-electron chi connectivity index (χ0n) is 23.9. The van der Waals surface area contributed by atoms with Gasteiger partial charge >= 0.3 is 0 Å². The quantitative estimate of drug-likeness (QED) is 0.152. The summed E-state index contributed by atoms with van der Waals surface area (Å²) < 4.78 is 38.6. The van der Waals surface area contributed by atoms with Crippen molar-refractivity contribution in [3.63, 3.8) is 0 Å². The van der Waals surface area contributed by atoms with E-state index in [0.29, 0.717) is 34.2 Å². The van der Waals surface area contributed by atoms with Crippen LogP contribution in [0, 0.1) is 0 Å². The highest BCUT2D eigenvalue weighted by atomic mass is 35.5. The van der Waals surface area contributed by atoms with Gasteiger partial charge in [0.2, 0.25) is 10.0 Å². The average Bonchev–Trinajstić information content (AvgIpc) is 3.03. The third kappa shape index (κ3) is 9.40. The Labute approximate surface area is 261 Å². The molecule has 0 fully saturated rings. The predicted octanol–water partition coefficient (Wildman–Crippen LogP) is 4.75. The molecule has 0 atom stereocenters. The predicted molar refractivity (Wildman–Crippen MR) is 170 cm³/mol. The highest BCUT2D eigenvalue weighted by Gasteiger charge is 2.26. The number of amides is 2. The number of hydrazone groups is 1. The van der Waals surface area contributed by atoms with E-state index in [1.807, 2.05) is 30.3 Å². The van der Waals surface area contributed by atoms with Gasteiger partial charge in [0.1, 0.15) is 11.5 Å². The van der Waals surface area contributed by atoms with Crippen molar-refractivity contribution in [2.24, 2.45) is 5.10 Å². The van der Waals surface area contributed by atoms with Gasteiger partial charge in [-0.25, -0.2) is 13.8 Å². The summed E-state index contributed by atoms with van der Waals surface area (Å²) in [5.41, 5.74) is 4.51. The number of anilines is 1. The van der Waals surface area contributed by atoms with Crippen molar-refractivity contribution in [2.75, 3.05) is 32.1 Å². The van der Waals surface area contributed by atoms with Gasteiger partial charge in [-0.3, -0.25) is 9.59 Å². The summed E-state index contributed by atoms with van der Waals surface area (Å²) in [4.78, 5) is 25.0. The van der Waals surface area contributed by atoms with Crippen LogP contribution in [-0.4, -0.2) is 57.6 Å². The summed E-state index contributed by atoms with van der Waals surface area (Å²) in [5.74, 6) is 0.0501. The molecule has 0 spiro atoms. The van der Waals surface area contributed by atoms with E-state index >= 15 is 0 Å². The van der Waals surface area contributed by atoms with E-state index in [2.05, 4.69) is 15.8 Å². The highest BCUT2D eigenvalue weighted by Crippen LogP contribution is 2.23.